The van der Waals surface area contributed by atoms with Crippen molar-refractivity contribution in [1.29, 1.82) is 0 Å². The van der Waals surface area contributed by atoms with Crippen LogP contribution < -0.4 is 5.48 Å². The first-order valence-corrected chi connectivity index (χ1v) is 4.69. The Kier molecular flexibility index (Phi) is 4.22. The molecule has 0 spiro atoms. The third-order valence-electron chi connectivity index (χ3n) is 1.94. The second-order valence-corrected chi connectivity index (χ2v) is 3.27. The Labute approximate surface area is 83.8 Å². The average Bonchev–Trinajstić information content (AvgIpc) is 2.16. The molecule has 1 atom stereocenters. The number of benzene rings is 1. The number of nitrogens with one attached hydrogen (secondary N) is 1. The summed E-state index contributed by atoms with van der Waals surface area (Å²) in [5.74, 6) is 0. The molecule has 0 amide bonds. The van der Waals surface area contributed by atoms with Crippen LogP contribution in [-0.4, -0.2) is 7.11 Å². The Balaban J connectivity index is 2.73. The van der Waals surface area contributed by atoms with Gasteiger partial charge in [-0.05, 0) is 24.1 Å². The Morgan fingerprint density at radius 3 is 2.46 bits per heavy atom. The molecule has 0 saturated heterocycles. The SMILES string of the molecule is CCC(NOC)c1ccc(Cl)cc1. The first-order chi connectivity index (χ1) is 6.27. The normalized spacial score (nSPS) is 12.8. The van der Waals surface area contributed by atoms with Gasteiger partial charge < -0.3 is 4.84 Å². The molecule has 1 rings (SSSR count). The van der Waals surface area contributed by atoms with Crippen molar-refractivity contribution in [2.45, 2.75) is 19.4 Å². The summed E-state index contributed by atoms with van der Waals surface area (Å²) in [7, 11) is 1.62. The van der Waals surface area contributed by atoms with Crippen molar-refractivity contribution in [2.75, 3.05) is 7.11 Å². The van der Waals surface area contributed by atoms with Gasteiger partial charge in [0.05, 0.1) is 13.2 Å². The maximum absolute atomic E-state index is 5.78. The highest BCUT2D eigenvalue weighted by atomic mass is 35.5. The molecule has 0 bridgehead atoms. The fraction of sp³-hybridized carbons (Fsp3) is 0.400. The molecule has 0 radical (unpaired) electrons. The van der Waals surface area contributed by atoms with Crippen LogP contribution in [-0.2, 0) is 4.84 Å². The van der Waals surface area contributed by atoms with Gasteiger partial charge in [-0.15, -0.1) is 0 Å². The Morgan fingerprint density at radius 1 is 1.38 bits per heavy atom. The quantitative estimate of drug-likeness (QED) is 0.753. The molecule has 1 unspecified atom stereocenters. The molecule has 1 aromatic carbocycles. The highest BCUT2D eigenvalue weighted by molar-refractivity contribution is 6.30. The molecule has 0 aromatic heterocycles. The molecule has 0 saturated carbocycles. The van der Waals surface area contributed by atoms with Crippen LogP contribution >= 0.6 is 11.6 Å². The molecule has 0 aliphatic heterocycles. The van der Waals surface area contributed by atoms with Gasteiger partial charge in [0.2, 0.25) is 0 Å². The van der Waals surface area contributed by atoms with Crippen LogP contribution in [0.1, 0.15) is 24.9 Å². The fourth-order valence-corrected chi connectivity index (χ4v) is 1.35. The zero-order valence-corrected chi connectivity index (χ0v) is 8.64. The predicted octanol–water partition coefficient (Wildman–Crippen LogP) is 2.94. The minimum absolute atomic E-state index is 0.238. The minimum atomic E-state index is 0.238. The van der Waals surface area contributed by atoms with Crippen molar-refractivity contribution < 1.29 is 4.84 Å². The van der Waals surface area contributed by atoms with E-state index in [0.717, 1.165) is 11.4 Å². The van der Waals surface area contributed by atoms with E-state index in [1.807, 2.05) is 24.3 Å². The summed E-state index contributed by atoms with van der Waals surface area (Å²) in [6, 6.07) is 8.01. The molecule has 72 valence electrons. The first kappa shape index (κ1) is 10.5. The summed E-state index contributed by atoms with van der Waals surface area (Å²) in [4.78, 5) is 4.90. The molecule has 0 heterocycles. The standard InChI is InChI=1S/C10H14ClNO/c1-3-10(12-13-2)8-4-6-9(11)7-5-8/h4-7,10,12H,3H2,1-2H3. The summed E-state index contributed by atoms with van der Waals surface area (Å²) in [6.07, 6.45) is 0.982. The van der Waals surface area contributed by atoms with Crippen molar-refractivity contribution in [3.63, 3.8) is 0 Å². The van der Waals surface area contributed by atoms with E-state index in [9.17, 15) is 0 Å². The van der Waals surface area contributed by atoms with Crippen LogP contribution in [0.15, 0.2) is 24.3 Å². The molecule has 0 aliphatic carbocycles. The lowest BCUT2D eigenvalue weighted by atomic mass is 10.1. The van der Waals surface area contributed by atoms with Crippen molar-refractivity contribution in [1.82, 2.24) is 5.48 Å². The topological polar surface area (TPSA) is 21.3 Å². The largest absolute Gasteiger partial charge is 0.305 e. The van der Waals surface area contributed by atoms with Gasteiger partial charge in [0.25, 0.3) is 0 Å². The third-order valence-corrected chi connectivity index (χ3v) is 2.19. The van der Waals surface area contributed by atoms with Crippen molar-refractivity contribution in [3.8, 4) is 0 Å². The van der Waals surface area contributed by atoms with Crippen LogP contribution in [0.2, 0.25) is 5.02 Å². The van der Waals surface area contributed by atoms with Gasteiger partial charge >= 0.3 is 0 Å². The number of hydrogen-bond donors (Lipinski definition) is 1. The molecule has 2 nitrogen and oxygen atoms in total. The van der Waals surface area contributed by atoms with Gasteiger partial charge in [-0.25, -0.2) is 0 Å². The Bertz CT molecular complexity index is 248. The van der Waals surface area contributed by atoms with Gasteiger partial charge in [0, 0.05) is 5.02 Å². The van der Waals surface area contributed by atoms with E-state index in [2.05, 4.69) is 12.4 Å². The smallest absolute Gasteiger partial charge is 0.0572 e. The average molecular weight is 200 g/mol. The van der Waals surface area contributed by atoms with Crippen molar-refractivity contribution in [3.05, 3.63) is 34.9 Å². The highest BCUT2D eigenvalue weighted by Crippen LogP contribution is 2.18. The van der Waals surface area contributed by atoms with E-state index < -0.39 is 0 Å². The second kappa shape index (κ2) is 5.22. The maximum Gasteiger partial charge on any atom is 0.0572 e. The highest BCUT2D eigenvalue weighted by Gasteiger charge is 2.07. The van der Waals surface area contributed by atoms with E-state index >= 15 is 0 Å². The zero-order valence-electron chi connectivity index (χ0n) is 7.88. The Hall–Kier alpha value is -0.570. The van der Waals surface area contributed by atoms with Gasteiger partial charge in [0.1, 0.15) is 0 Å². The molecule has 3 heteroatoms. The lowest BCUT2D eigenvalue weighted by molar-refractivity contribution is 0.0593. The molecular weight excluding hydrogens is 186 g/mol. The summed E-state index contributed by atoms with van der Waals surface area (Å²) in [6.45, 7) is 2.10. The van der Waals surface area contributed by atoms with Crippen LogP contribution in [0.25, 0.3) is 0 Å². The maximum atomic E-state index is 5.78. The Morgan fingerprint density at radius 2 is 2.00 bits per heavy atom. The lowest BCUT2D eigenvalue weighted by Crippen LogP contribution is -2.18. The van der Waals surface area contributed by atoms with Gasteiger partial charge in [-0.2, -0.15) is 5.48 Å². The van der Waals surface area contributed by atoms with E-state index in [0.29, 0.717) is 0 Å². The van der Waals surface area contributed by atoms with Crippen LogP contribution in [0, 0.1) is 0 Å². The number of hydrogen-bond acceptors (Lipinski definition) is 2. The predicted molar refractivity (Wildman–Crippen MR) is 54.6 cm³/mol. The third kappa shape index (κ3) is 2.99. The molecule has 1 aromatic rings. The molecule has 1 N–H and O–H groups in total. The minimum Gasteiger partial charge on any atom is -0.305 e. The summed E-state index contributed by atoms with van der Waals surface area (Å²) < 4.78 is 0. The molecule has 13 heavy (non-hydrogen) atoms. The molecule has 0 aliphatic rings. The lowest BCUT2D eigenvalue weighted by Gasteiger charge is -2.15. The van der Waals surface area contributed by atoms with Crippen molar-refractivity contribution in [2.24, 2.45) is 0 Å². The van der Waals surface area contributed by atoms with Crippen LogP contribution in [0.4, 0.5) is 0 Å². The van der Waals surface area contributed by atoms with E-state index in [-0.39, 0.29) is 6.04 Å². The van der Waals surface area contributed by atoms with Crippen LogP contribution in [0.5, 0.6) is 0 Å². The number of rotatable bonds is 4. The van der Waals surface area contributed by atoms with Gasteiger partial charge in [0.15, 0.2) is 0 Å². The van der Waals surface area contributed by atoms with E-state index in [1.54, 1.807) is 7.11 Å². The van der Waals surface area contributed by atoms with E-state index in [1.165, 1.54) is 5.56 Å². The monoisotopic (exact) mass is 199 g/mol. The van der Waals surface area contributed by atoms with E-state index in [4.69, 9.17) is 16.4 Å². The zero-order chi connectivity index (χ0) is 9.68. The summed E-state index contributed by atoms with van der Waals surface area (Å²) in [5, 5.41) is 0.760. The fourth-order valence-electron chi connectivity index (χ4n) is 1.22. The second-order valence-electron chi connectivity index (χ2n) is 2.83. The number of halogens is 1. The summed E-state index contributed by atoms with van der Waals surface area (Å²) >= 11 is 5.78. The first-order valence-electron chi connectivity index (χ1n) is 4.32. The molecular formula is C10H14ClNO. The van der Waals surface area contributed by atoms with Crippen LogP contribution in [0.3, 0.4) is 0 Å². The van der Waals surface area contributed by atoms with Gasteiger partial charge in [-0.3, -0.25) is 0 Å². The molecule has 0 fully saturated rings. The number of hydroxylamine groups is 1. The summed E-state index contributed by atoms with van der Waals surface area (Å²) in [5.41, 5.74) is 4.11. The van der Waals surface area contributed by atoms with Crippen molar-refractivity contribution >= 4 is 11.6 Å². The van der Waals surface area contributed by atoms with Gasteiger partial charge in [-0.1, -0.05) is 30.7 Å².